The van der Waals surface area contributed by atoms with Gasteiger partial charge in [0.05, 0.1) is 12.2 Å². The summed E-state index contributed by atoms with van der Waals surface area (Å²) in [5, 5.41) is 2.93. The molecule has 2 aromatic carbocycles. The molecule has 1 heterocycles. The third kappa shape index (κ3) is 3.48. The Labute approximate surface area is 140 Å². The van der Waals surface area contributed by atoms with Gasteiger partial charge in [-0.3, -0.25) is 4.79 Å². The second-order valence-electron chi connectivity index (χ2n) is 5.82. The van der Waals surface area contributed by atoms with E-state index in [0.717, 1.165) is 18.5 Å². The average Bonchev–Trinajstić information content (AvgIpc) is 2.53. The van der Waals surface area contributed by atoms with Crippen LogP contribution >= 0.6 is 11.6 Å². The van der Waals surface area contributed by atoms with E-state index in [1.165, 1.54) is 17.7 Å². The largest absolute Gasteiger partial charge is 0.359 e. The third-order valence-corrected chi connectivity index (χ3v) is 4.42. The summed E-state index contributed by atoms with van der Waals surface area (Å²) in [6.07, 6.45) is 2.01. The number of hydrogen-bond acceptors (Lipinski definition) is 2. The van der Waals surface area contributed by atoms with Crippen molar-refractivity contribution in [1.29, 1.82) is 0 Å². The lowest BCUT2D eigenvalue weighted by Crippen LogP contribution is -2.42. The van der Waals surface area contributed by atoms with E-state index in [9.17, 15) is 9.18 Å². The fourth-order valence-corrected chi connectivity index (χ4v) is 3.10. The van der Waals surface area contributed by atoms with Crippen LogP contribution in [0.15, 0.2) is 42.5 Å². The summed E-state index contributed by atoms with van der Waals surface area (Å²) in [7, 11) is 0. The second kappa shape index (κ2) is 6.59. The van der Waals surface area contributed by atoms with Gasteiger partial charge in [-0.15, -0.1) is 0 Å². The van der Waals surface area contributed by atoms with Crippen LogP contribution in [0, 0.1) is 5.82 Å². The number of carbonyl (C=O) groups is 1. The number of aryl methyl sites for hydroxylation is 1. The smallest absolute Gasteiger partial charge is 0.243 e. The predicted molar refractivity (Wildman–Crippen MR) is 91.6 cm³/mol. The van der Waals surface area contributed by atoms with Gasteiger partial charge in [-0.25, -0.2) is 4.39 Å². The number of carbonyl (C=O) groups excluding carboxylic acids is 1. The van der Waals surface area contributed by atoms with Crippen LogP contribution in [0.25, 0.3) is 0 Å². The molecule has 23 heavy (non-hydrogen) atoms. The number of fused-ring (bicyclic) bond motifs is 1. The lowest BCUT2D eigenvalue weighted by Gasteiger charge is -2.36. The molecule has 1 aliphatic rings. The van der Waals surface area contributed by atoms with Gasteiger partial charge in [-0.1, -0.05) is 29.8 Å². The molecule has 0 saturated carbocycles. The quantitative estimate of drug-likeness (QED) is 0.911. The van der Waals surface area contributed by atoms with Crippen LogP contribution in [0.2, 0.25) is 5.02 Å². The highest BCUT2D eigenvalue weighted by atomic mass is 35.5. The maximum absolute atomic E-state index is 13.8. The molecule has 3 rings (SSSR count). The minimum Gasteiger partial charge on any atom is -0.359 e. The Hall–Kier alpha value is -2.07. The van der Waals surface area contributed by atoms with Crippen LogP contribution in [0.1, 0.15) is 18.9 Å². The Balaban J connectivity index is 1.75. The lowest BCUT2D eigenvalue weighted by molar-refractivity contribution is -0.115. The Bertz CT molecular complexity index is 735. The number of benzene rings is 2. The summed E-state index contributed by atoms with van der Waals surface area (Å²) in [6, 6.07) is 12.6. The van der Waals surface area contributed by atoms with E-state index in [0.29, 0.717) is 5.02 Å². The third-order valence-electron chi connectivity index (χ3n) is 4.18. The fraction of sp³-hybridized carbons (Fsp3) is 0.278. The Morgan fingerprint density at radius 3 is 2.91 bits per heavy atom. The number of hydrogen-bond donors (Lipinski definition) is 1. The first kappa shape index (κ1) is 15.8. The topological polar surface area (TPSA) is 32.3 Å². The summed E-state index contributed by atoms with van der Waals surface area (Å²) < 4.78 is 13.8. The summed E-state index contributed by atoms with van der Waals surface area (Å²) in [5.41, 5.74) is 2.48. The molecule has 1 amide bonds. The zero-order valence-electron chi connectivity index (χ0n) is 12.9. The molecule has 0 saturated heterocycles. The van der Waals surface area contributed by atoms with Crippen molar-refractivity contribution < 1.29 is 9.18 Å². The SMILES string of the molecule is C[C@H]1CCc2ccccc2N1CC(=O)Nc1ccc(Cl)cc1F. The number of rotatable bonds is 3. The highest BCUT2D eigenvalue weighted by molar-refractivity contribution is 6.30. The number of amides is 1. The van der Waals surface area contributed by atoms with E-state index >= 15 is 0 Å². The number of para-hydroxylation sites is 1. The molecule has 2 aromatic rings. The van der Waals surface area contributed by atoms with Gasteiger partial charge < -0.3 is 10.2 Å². The highest BCUT2D eigenvalue weighted by Gasteiger charge is 2.24. The molecule has 5 heteroatoms. The molecule has 0 fully saturated rings. The molecule has 0 bridgehead atoms. The molecule has 0 radical (unpaired) electrons. The van der Waals surface area contributed by atoms with Crippen molar-refractivity contribution in [2.24, 2.45) is 0 Å². The van der Waals surface area contributed by atoms with E-state index in [4.69, 9.17) is 11.6 Å². The average molecular weight is 333 g/mol. The van der Waals surface area contributed by atoms with Gasteiger partial charge in [0.2, 0.25) is 5.91 Å². The standard InChI is InChI=1S/C18H18ClFN2O/c1-12-6-7-13-4-2-3-5-17(13)22(12)11-18(23)21-16-9-8-14(19)10-15(16)20/h2-5,8-10,12H,6-7,11H2,1H3,(H,21,23)/t12-/m0/s1. The van der Waals surface area contributed by atoms with Crippen LogP contribution in [-0.4, -0.2) is 18.5 Å². The van der Waals surface area contributed by atoms with Crippen LogP contribution in [-0.2, 0) is 11.2 Å². The van der Waals surface area contributed by atoms with E-state index in [2.05, 4.69) is 23.2 Å². The summed E-state index contributed by atoms with van der Waals surface area (Å²) in [5.74, 6) is -0.771. The second-order valence-corrected chi connectivity index (χ2v) is 6.25. The minimum atomic E-state index is -0.530. The summed E-state index contributed by atoms with van der Waals surface area (Å²) in [4.78, 5) is 14.4. The van der Waals surface area contributed by atoms with Crippen molar-refractivity contribution in [3.05, 3.63) is 58.9 Å². The molecule has 0 unspecified atom stereocenters. The molecule has 0 aliphatic carbocycles. The van der Waals surface area contributed by atoms with Gasteiger partial charge in [-0.05, 0) is 49.6 Å². The monoisotopic (exact) mass is 332 g/mol. The van der Waals surface area contributed by atoms with Crippen molar-refractivity contribution in [3.8, 4) is 0 Å². The molecule has 120 valence electrons. The normalized spacial score (nSPS) is 16.8. The molecule has 1 aliphatic heterocycles. The Morgan fingerprint density at radius 1 is 1.35 bits per heavy atom. The highest BCUT2D eigenvalue weighted by Crippen LogP contribution is 2.30. The zero-order valence-corrected chi connectivity index (χ0v) is 13.6. The van der Waals surface area contributed by atoms with Crippen molar-refractivity contribution >= 4 is 28.9 Å². The number of halogens is 2. The van der Waals surface area contributed by atoms with E-state index in [1.807, 2.05) is 18.2 Å². The lowest BCUT2D eigenvalue weighted by atomic mass is 9.96. The number of nitrogens with one attached hydrogen (secondary N) is 1. The van der Waals surface area contributed by atoms with Crippen molar-refractivity contribution in [2.45, 2.75) is 25.8 Å². The number of anilines is 2. The molecule has 3 nitrogen and oxygen atoms in total. The van der Waals surface area contributed by atoms with Crippen molar-refractivity contribution in [2.75, 3.05) is 16.8 Å². The van der Waals surface area contributed by atoms with Crippen LogP contribution in [0.3, 0.4) is 0 Å². The minimum absolute atomic E-state index is 0.150. The first-order valence-corrected chi connectivity index (χ1v) is 8.02. The van der Waals surface area contributed by atoms with Crippen LogP contribution < -0.4 is 10.2 Å². The van der Waals surface area contributed by atoms with E-state index in [1.54, 1.807) is 6.07 Å². The predicted octanol–water partition coefficient (Wildman–Crippen LogP) is 4.26. The van der Waals surface area contributed by atoms with Gasteiger partial charge in [0, 0.05) is 16.8 Å². The van der Waals surface area contributed by atoms with Gasteiger partial charge in [0.25, 0.3) is 0 Å². The Morgan fingerprint density at radius 2 is 2.13 bits per heavy atom. The Kier molecular flexibility index (Phi) is 4.53. The van der Waals surface area contributed by atoms with E-state index in [-0.39, 0.29) is 24.2 Å². The van der Waals surface area contributed by atoms with Crippen molar-refractivity contribution in [1.82, 2.24) is 0 Å². The zero-order chi connectivity index (χ0) is 16.4. The molecule has 1 atom stereocenters. The summed E-state index contributed by atoms with van der Waals surface area (Å²) >= 11 is 5.72. The first-order valence-electron chi connectivity index (χ1n) is 7.64. The van der Waals surface area contributed by atoms with Crippen LogP contribution in [0.4, 0.5) is 15.8 Å². The van der Waals surface area contributed by atoms with Crippen molar-refractivity contribution in [3.63, 3.8) is 0 Å². The molecule has 1 N–H and O–H groups in total. The number of nitrogens with zero attached hydrogens (tertiary/aromatic N) is 1. The van der Waals surface area contributed by atoms with E-state index < -0.39 is 5.82 Å². The summed E-state index contributed by atoms with van der Waals surface area (Å²) in [6.45, 7) is 2.30. The first-order chi connectivity index (χ1) is 11.0. The van der Waals surface area contributed by atoms with Gasteiger partial charge in [0.1, 0.15) is 5.82 Å². The van der Waals surface area contributed by atoms with Gasteiger partial charge in [-0.2, -0.15) is 0 Å². The molecular formula is C18H18ClFN2O. The van der Waals surface area contributed by atoms with Gasteiger partial charge in [0.15, 0.2) is 0 Å². The maximum atomic E-state index is 13.8. The molecule has 0 aromatic heterocycles. The maximum Gasteiger partial charge on any atom is 0.243 e. The fourth-order valence-electron chi connectivity index (χ4n) is 2.94. The van der Waals surface area contributed by atoms with Gasteiger partial charge >= 0.3 is 0 Å². The molecule has 0 spiro atoms. The van der Waals surface area contributed by atoms with Crippen LogP contribution in [0.5, 0.6) is 0 Å². The molecular weight excluding hydrogens is 315 g/mol.